The Balaban J connectivity index is 1.42. The average molecular weight is 490 g/mol. The van der Waals surface area contributed by atoms with Crippen LogP contribution in [0.1, 0.15) is 19.3 Å². The molecule has 0 radical (unpaired) electrons. The average Bonchev–Trinajstić information content (AvgIpc) is 3.32. The van der Waals surface area contributed by atoms with Gasteiger partial charge in [-0.3, -0.25) is 4.98 Å². The quantitative estimate of drug-likeness (QED) is 0.312. The highest BCUT2D eigenvalue weighted by Gasteiger charge is 2.20. The van der Waals surface area contributed by atoms with Crippen molar-refractivity contribution in [3.8, 4) is 21.7 Å². The van der Waals surface area contributed by atoms with Crippen molar-refractivity contribution >= 4 is 45.5 Å². The number of anilines is 3. The molecule has 0 saturated carbocycles. The molecule has 0 bridgehead atoms. The van der Waals surface area contributed by atoms with E-state index in [-0.39, 0.29) is 6.03 Å². The summed E-state index contributed by atoms with van der Waals surface area (Å²) in [6.07, 6.45) is 7.25. The van der Waals surface area contributed by atoms with Crippen molar-refractivity contribution in [3.05, 3.63) is 78.1 Å². The molecule has 0 spiro atoms. The number of benzene rings is 2. The Morgan fingerprint density at radius 1 is 0.882 bits per heavy atom. The topological polar surface area (TPSA) is 70.2 Å². The highest BCUT2D eigenvalue weighted by atomic mass is 35.5. The third-order valence-corrected chi connectivity index (χ3v) is 7.10. The van der Waals surface area contributed by atoms with Gasteiger partial charge < -0.3 is 15.5 Å². The maximum absolute atomic E-state index is 12.5. The Morgan fingerprint density at radius 2 is 1.62 bits per heavy atom. The van der Waals surface area contributed by atoms with E-state index in [0.29, 0.717) is 16.4 Å². The van der Waals surface area contributed by atoms with Gasteiger partial charge in [0.1, 0.15) is 0 Å². The van der Waals surface area contributed by atoms with E-state index in [1.807, 2.05) is 30.3 Å². The molecule has 172 valence electrons. The number of piperidine rings is 1. The Labute approximate surface area is 207 Å². The number of carbonyl (C=O) groups excluding carboxylic acids is 1. The molecule has 0 unspecified atom stereocenters. The maximum Gasteiger partial charge on any atom is 0.323 e. The van der Waals surface area contributed by atoms with Crippen LogP contribution in [0.2, 0.25) is 5.02 Å². The normalized spacial score (nSPS) is 13.5. The Morgan fingerprint density at radius 3 is 2.38 bits per heavy atom. The van der Waals surface area contributed by atoms with E-state index in [9.17, 15) is 4.79 Å². The first kappa shape index (κ1) is 22.4. The van der Waals surface area contributed by atoms with Gasteiger partial charge in [0.05, 0.1) is 10.6 Å². The third kappa shape index (κ3) is 5.21. The van der Waals surface area contributed by atoms with Crippen LogP contribution in [-0.2, 0) is 0 Å². The van der Waals surface area contributed by atoms with Crippen molar-refractivity contribution in [1.29, 1.82) is 0 Å². The van der Waals surface area contributed by atoms with E-state index in [0.717, 1.165) is 39.9 Å². The highest BCUT2D eigenvalue weighted by molar-refractivity contribution is 7.19. The van der Waals surface area contributed by atoms with Crippen LogP contribution in [0.4, 0.5) is 21.3 Å². The molecule has 0 aliphatic carbocycles. The van der Waals surface area contributed by atoms with Crippen LogP contribution >= 0.6 is 22.9 Å². The number of hydrogen-bond acceptors (Lipinski definition) is 5. The largest absolute Gasteiger partial charge is 0.348 e. The first-order valence-electron chi connectivity index (χ1n) is 11.3. The zero-order valence-electron chi connectivity index (χ0n) is 18.5. The van der Waals surface area contributed by atoms with Crippen LogP contribution < -0.4 is 15.5 Å². The van der Waals surface area contributed by atoms with Gasteiger partial charge in [-0.2, -0.15) is 0 Å². The number of amides is 2. The van der Waals surface area contributed by atoms with Crippen molar-refractivity contribution < 1.29 is 4.79 Å². The van der Waals surface area contributed by atoms with E-state index in [4.69, 9.17) is 16.6 Å². The van der Waals surface area contributed by atoms with E-state index < -0.39 is 0 Å². The van der Waals surface area contributed by atoms with Crippen LogP contribution in [0.5, 0.6) is 0 Å². The van der Waals surface area contributed by atoms with Crippen molar-refractivity contribution in [1.82, 2.24) is 9.97 Å². The first-order chi connectivity index (χ1) is 16.7. The summed E-state index contributed by atoms with van der Waals surface area (Å²) >= 11 is 7.62. The van der Waals surface area contributed by atoms with Crippen LogP contribution in [0.15, 0.2) is 73.1 Å². The van der Waals surface area contributed by atoms with Gasteiger partial charge in [0.2, 0.25) is 0 Å². The molecule has 1 aliphatic rings. The number of halogens is 1. The zero-order valence-corrected chi connectivity index (χ0v) is 20.1. The number of pyridine rings is 1. The van der Waals surface area contributed by atoms with Crippen LogP contribution in [-0.4, -0.2) is 29.1 Å². The lowest BCUT2D eigenvalue weighted by atomic mass is 10.1. The fourth-order valence-electron chi connectivity index (χ4n) is 4.00. The predicted molar refractivity (Wildman–Crippen MR) is 141 cm³/mol. The first-order valence-corrected chi connectivity index (χ1v) is 12.5. The molecule has 2 N–H and O–H groups in total. The summed E-state index contributed by atoms with van der Waals surface area (Å²) in [6, 6.07) is 18.5. The number of nitrogens with zero attached hydrogens (tertiary/aromatic N) is 3. The Hall–Kier alpha value is -3.42. The Kier molecular flexibility index (Phi) is 6.74. The van der Waals surface area contributed by atoms with Crippen molar-refractivity contribution in [2.45, 2.75) is 19.3 Å². The lowest BCUT2D eigenvalue weighted by Crippen LogP contribution is -2.29. The summed E-state index contributed by atoms with van der Waals surface area (Å²) in [5, 5.41) is 7.42. The van der Waals surface area contributed by atoms with Gasteiger partial charge in [0.25, 0.3) is 0 Å². The second-order valence-electron chi connectivity index (χ2n) is 8.12. The zero-order chi connectivity index (χ0) is 23.3. The molecular formula is C26H24ClN5OS. The summed E-state index contributed by atoms with van der Waals surface area (Å²) in [7, 11) is 0. The van der Waals surface area contributed by atoms with Gasteiger partial charge in [-0.25, -0.2) is 9.78 Å². The van der Waals surface area contributed by atoms with Gasteiger partial charge in [-0.1, -0.05) is 35.1 Å². The summed E-state index contributed by atoms with van der Waals surface area (Å²) < 4.78 is 0. The van der Waals surface area contributed by atoms with Gasteiger partial charge in [-0.15, -0.1) is 0 Å². The van der Waals surface area contributed by atoms with Gasteiger partial charge in [0.15, 0.2) is 5.13 Å². The number of rotatable bonds is 5. The summed E-state index contributed by atoms with van der Waals surface area (Å²) in [5.41, 5.74) is 4.36. The van der Waals surface area contributed by atoms with Crippen molar-refractivity contribution in [3.63, 3.8) is 0 Å². The molecule has 1 fully saturated rings. The van der Waals surface area contributed by atoms with Crippen LogP contribution in [0, 0.1) is 0 Å². The molecule has 3 heterocycles. The maximum atomic E-state index is 12.5. The molecule has 1 saturated heterocycles. The number of aromatic nitrogens is 2. The molecule has 0 atom stereocenters. The minimum atomic E-state index is -0.313. The second kappa shape index (κ2) is 10.2. The fourth-order valence-corrected chi connectivity index (χ4v) is 5.26. The number of hydrogen-bond donors (Lipinski definition) is 2. The minimum Gasteiger partial charge on any atom is -0.348 e. The second-order valence-corrected chi connectivity index (χ2v) is 9.54. The molecule has 4 aromatic rings. The molecule has 2 aromatic heterocycles. The standard InChI is InChI=1S/C26H24ClN5OS/c27-20-7-9-21(10-8-20)29-25(33)30-22-6-4-5-19(17-22)24-23(18-11-13-28-14-12-18)31-26(34-24)32-15-2-1-3-16-32/h4-14,17H,1-3,15-16H2,(H2,29,30,33). The van der Waals surface area contributed by atoms with Gasteiger partial charge in [-0.05, 0) is 73.4 Å². The van der Waals surface area contributed by atoms with Crippen molar-refractivity contribution in [2.75, 3.05) is 28.6 Å². The lowest BCUT2D eigenvalue weighted by molar-refractivity contribution is 0.262. The third-order valence-electron chi connectivity index (χ3n) is 5.68. The molecule has 5 rings (SSSR count). The fraction of sp³-hybridized carbons (Fsp3) is 0.192. The molecule has 2 amide bonds. The van der Waals surface area contributed by atoms with Crippen molar-refractivity contribution in [2.24, 2.45) is 0 Å². The molecule has 6 nitrogen and oxygen atoms in total. The number of nitrogens with one attached hydrogen (secondary N) is 2. The SMILES string of the molecule is O=C(Nc1ccc(Cl)cc1)Nc1cccc(-c2sc(N3CCCCC3)nc2-c2ccncc2)c1. The predicted octanol–water partition coefficient (Wildman–Crippen LogP) is 7.16. The summed E-state index contributed by atoms with van der Waals surface area (Å²) in [5.74, 6) is 0. The summed E-state index contributed by atoms with van der Waals surface area (Å²) in [4.78, 5) is 25.2. The molecular weight excluding hydrogens is 466 g/mol. The smallest absolute Gasteiger partial charge is 0.323 e. The number of urea groups is 1. The molecule has 2 aromatic carbocycles. The van der Waals surface area contributed by atoms with Gasteiger partial charge >= 0.3 is 6.03 Å². The monoisotopic (exact) mass is 489 g/mol. The summed E-state index contributed by atoms with van der Waals surface area (Å²) in [6.45, 7) is 2.07. The Bertz CT molecular complexity index is 1270. The number of carbonyl (C=O) groups is 1. The van der Waals surface area contributed by atoms with E-state index in [1.165, 1.54) is 19.3 Å². The van der Waals surface area contributed by atoms with Gasteiger partial charge in [0, 0.05) is 47.4 Å². The molecule has 1 aliphatic heterocycles. The van der Waals surface area contributed by atoms with E-state index in [2.05, 4.69) is 26.6 Å². The molecule has 34 heavy (non-hydrogen) atoms. The minimum absolute atomic E-state index is 0.313. The lowest BCUT2D eigenvalue weighted by Gasteiger charge is -2.25. The number of thiazole rings is 1. The van der Waals surface area contributed by atoms with Crippen LogP contribution in [0.3, 0.4) is 0 Å². The van der Waals surface area contributed by atoms with E-state index in [1.54, 1.807) is 48.0 Å². The highest BCUT2D eigenvalue weighted by Crippen LogP contribution is 2.41. The van der Waals surface area contributed by atoms with Crippen LogP contribution in [0.25, 0.3) is 21.7 Å². The molecule has 8 heteroatoms. The van der Waals surface area contributed by atoms with E-state index >= 15 is 0 Å².